The molecule has 0 saturated heterocycles. The topological polar surface area (TPSA) is 95.5 Å². The molecule has 1 unspecified atom stereocenters. The smallest absolute Gasteiger partial charge is 0.322 e. The van der Waals surface area contributed by atoms with E-state index < -0.39 is 22.2 Å². The van der Waals surface area contributed by atoms with Crippen molar-refractivity contribution < 1.29 is 18.3 Å². The highest BCUT2D eigenvalue weighted by molar-refractivity contribution is 7.87. The number of hydrogen-bond acceptors (Lipinski definition) is 3. The van der Waals surface area contributed by atoms with Crippen LogP contribution in [0.4, 0.5) is 0 Å². The third-order valence-corrected chi connectivity index (χ3v) is 3.01. The number of carboxylic acid groups (broad SMARTS) is 1. The van der Waals surface area contributed by atoms with E-state index in [-0.39, 0.29) is 5.92 Å². The number of rotatable bonds is 5. The third kappa shape index (κ3) is 2.94. The van der Waals surface area contributed by atoms with Crippen LogP contribution < -0.4 is 9.44 Å². The van der Waals surface area contributed by atoms with Gasteiger partial charge in [0, 0.05) is 7.05 Å². The van der Waals surface area contributed by atoms with Crippen LogP contribution in [0.1, 0.15) is 12.8 Å². The molecule has 0 amide bonds. The summed E-state index contributed by atoms with van der Waals surface area (Å²) in [5.41, 5.74) is 0. The first-order chi connectivity index (χ1) is 5.96. The number of aliphatic carboxylic acids is 1. The summed E-state index contributed by atoms with van der Waals surface area (Å²) in [5.74, 6) is -1.18. The average molecular weight is 208 g/mol. The van der Waals surface area contributed by atoms with Gasteiger partial charge in [-0.05, 0) is 18.8 Å². The van der Waals surface area contributed by atoms with Crippen molar-refractivity contribution in [3.05, 3.63) is 0 Å². The predicted octanol–water partition coefficient (Wildman–Crippen LogP) is -1.10. The van der Waals surface area contributed by atoms with Crippen LogP contribution in [-0.4, -0.2) is 32.6 Å². The van der Waals surface area contributed by atoms with Gasteiger partial charge in [-0.25, -0.2) is 4.72 Å². The van der Waals surface area contributed by atoms with Gasteiger partial charge < -0.3 is 5.11 Å². The zero-order chi connectivity index (χ0) is 10.1. The Labute approximate surface area is 76.5 Å². The van der Waals surface area contributed by atoms with E-state index in [0.717, 1.165) is 12.8 Å². The molecular formula is C6H12N2O4S. The molecule has 76 valence electrons. The Bertz CT molecular complexity index is 296. The van der Waals surface area contributed by atoms with Gasteiger partial charge in [-0.1, -0.05) is 0 Å². The monoisotopic (exact) mass is 208 g/mol. The van der Waals surface area contributed by atoms with E-state index in [1.54, 1.807) is 0 Å². The molecule has 13 heavy (non-hydrogen) atoms. The number of carboxylic acids is 1. The van der Waals surface area contributed by atoms with E-state index in [0.29, 0.717) is 0 Å². The van der Waals surface area contributed by atoms with Crippen molar-refractivity contribution in [1.29, 1.82) is 0 Å². The summed E-state index contributed by atoms with van der Waals surface area (Å²) in [5, 5.41) is 8.69. The summed E-state index contributed by atoms with van der Waals surface area (Å²) in [4.78, 5) is 10.6. The second-order valence-electron chi connectivity index (χ2n) is 2.98. The van der Waals surface area contributed by atoms with E-state index in [1.807, 2.05) is 4.72 Å². The van der Waals surface area contributed by atoms with Gasteiger partial charge in [0.1, 0.15) is 6.04 Å². The van der Waals surface area contributed by atoms with Crippen LogP contribution in [0.15, 0.2) is 0 Å². The molecule has 0 bridgehead atoms. The molecule has 0 heterocycles. The Balaban J connectivity index is 2.62. The van der Waals surface area contributed by atoms with Gasteiger partial charge in [0.25, 0.3) is 10.2 Å². The highest BCUT2D eigenvalue weighted by Gasteiger charge is 2.38. The maximum Gasteiger partial charge on any atom is 0.322 e. The van der Waals surface area contributed by atoms with Gasteiger partial charge in [-0.2, -0.15) is 13.1 Å². The van der Waals surface area contributed by atoms with Crippen molar-refractivity contribution in [3.63, 3.8) is 0 Å². The van der Waals surface area contributed by atoms with Crippen molar-refractivity contribution in [2.24, 2.45) is 5.92 Å². The molecule has 0 aromatic heterocycles. The minimum absolute atomic E-state index is 0.0550. The summed E-state index contributed by atoms with van der Waals surface area (Å²) >= 11 is 0. The largest absolute Gasteiger partial charge is 0.480 e. The molecule has 1 aliphatic carbocycles. The van der Waals surface area contributed by atoms with Crippen molar-refractivity contribution >= 4 is 16.2 Å². The minimum atomic E-state index is -3.65. The van der Waals surface area contributed by atoms with Crippen LogP contribution >= 0.6 is 0 Å². The molecule has 7 heteroatoms. The molecule has 0 spiro atoms. The number of nitrogens with one attached hydrogen (secondary N) is 2. The van der Waals surface area contributed by atoms with Crippen LogP contribution in [0, 0.1) is 5.92 Å². The third-order valence-electron chi connectivity index (χ3n) is 1.91. The van der Waals surface area contributed by atoms with E-state index in [9.17, 15) is 13.2 Å². The fourth-order valence-corrected chi connectivity index (χ4v) is 1.75. The predicted molar refractivity (Wildman–Crippen MR) is 45.3 cm³/mol. The first kappa shape index (κ1) is 10.4. The van der Waals surface area contributed by atoms with E-state index in [1.165, 1.54) is 7.05 Å². The fraction of sp³-hybridized carbons (Fsp3) is 0.833. The SMILES string of the molecule is CNS(=O)(=O)NC(C(=O)O)C1CC1. The van der Waals surface area contributed by atoms with Gasteiger partial charge in [0.15, 0.2) is 0 Å². The van der Waals surface area contributed by atoms with Gasteiger partial charge in [-0.3, -0.25) is 4.79 Å². The standard InChI is InChI=1S/C6H12N2O4S/c1-7-13(11,12)8-5(6(9)10)4-2-3-4/h4-5,7-8H,2-3H2,1H3,(H,9,10). The summed E-state index contributed by atoms with van der Waals surface area (Å²) < 4.78 is 26.0. The van der Waals surface area contributed by atoms with Crippen molar-refractivity contribution in [1.82, 2.24) is 9.44 Å². The molecule has 6 nitrogen and oxygen atoms in total. The number of hydrogen-bond donors (Lipinski definition) is 3. The second kappa shape index (κ2) is 3.60. The molecular weight excluding hydrogens is 196 g/mol. The summed E-state index contributed by atoms with van der Waals surface area (Å²) in [6.45, 7) is 0. The molecule has 0 aromatic rings. The van der Waals surface area contributed by atoms with Crippen LogP contribution in [0.5, 0.6) is 0 Å². The molecule has 1 atom stereocenters. The molecule has 1 fully saturated rings. The average Bonchev–Trinajstić information content (AvgIpc) is 2.82. The van der Waals surface area contributed by atoms with Gasteiger partial charge >= 0.3 is 5.97 Å². The molecule has 1 saturated carbocycles. The summed E-state index contributed by atoms with van der Waals surface area (Å²) in [6.07, 6.45) is 1.53. The van der Waals surface area contributed by atoms with E-state index >= 15 is 0 Å². The Kier molecular flexibility index (Phi) is 2.89. The van der Waals surface area contributed by atoms with E-state index in [4.69, 9.17) is 5.11 Å². The highest BCUT2D eigenvalue weighted by atomic mass is 32.2. The second-order valence-corrected chi connectivity index (χ2v) is 4.63. The number of carbonyl (C=O) groups is 1. The van der Waals surface area contributed by atoms with Crippen LogP contribution in [-0.2, 0) is 15.0 Å². The molecule has 0 radical (unpaired) electrons. The van der Waals surface area contributed by atoms with Gasteiger partial charge in [0.05, 0.1) is 0 Å². The van der Waals surface area contributed by atoms with Crippen LogP contribution in [0.2, 0.25) is 0 Å². The lowest BCUT2D eigenvalue weighted by molar-refractivity contribution is -0.139. The van der Waals surface area contributed by atoms with Crippen LogP contribution in [0.25, 0.3) is 0 Å². The molecule has 3 N–H and O–H groups in total. The van der Waals surface area contributed by atoms with Crippen molar-refractivity contribution in [2.45, 2.75) is 18.9 Å². The van der Waals surface area contributed by atoms with Gasteiger partial charge in [0.2, 0.25) is 0 Å². The zero-order valence-electron chi connectivity index (χ0n) is 7.15. The lowest BCUT2D eigenvalue weighted by Crippen LogP contribution is -2.46. The Morgan fingerprint density at radius 3 is 2.38 bits per heavy atom. The zero-order valence-corrected chi connectivity index (χ0v) is 7.97. The quantitative estimate of drug-likeness (QED) is 0.534. The van der Waals surface area contributed by atoms with Crippen molar-refractivity contribution in [2.75, 3.05) is 7.05 Å². The van der Waals surface area contributed by atoms with Crippen molar-refractivity contribution in [3.8, 4) is 0 Å². The first-order valence-electron chi connectivity index (χ1n) is 3.90. The minimum Gasteiger partial charge on any atom is -0.480 e. The summed E-state index contributed by atoms with van der Waals surface area (Å²) in [6, 6.07) is -0.988. The highest BCUT2D eigenvalue weighted by Crippen LogP contribution is 2.32. The Morgan fingerprint density at radius 2 is 2.08 bits per heavy atom. The maximum absolute atomic E-state index is 11.0. The molecule has 0 aliphatic heterocycles. The summed E-state index contributed by atoms with van der Waals surface area (Å²) in [7, 11) is -2.42. The van der Waals surface area contributed by atoms with E-state index in [2.05, 4.69) is 4.72 Å². The van der Waals surface area contributed by atoms with Gasteiger partial charge in [-0.15, -0.1) is 0 Å². The lowest BCUT2D eigenvalue weighted by Gasteiger charge is -2.12. The normalized spacial score (nSPS) is 19.8. The molecule has 0 aromatic carbocycles. The lowest BCUT2D eigenvalue weighted by atomic mass is 10.2. The van der Waals surface area contributed by atoms with Crippen LogP contribution in [0.3, 0.4) is 0 Å². The molecule has 1 rings (SSSR count). The fourth-order valence-electron chi connectivity index (χ4n) is 1.00. The maximum atomic E-state index is 11.0. The Hall–Kier alpha value is -0.660. The Morgan fingerprint density at radius 1 is 1.54 bits per heavy atom. The molecule has 1 aliphatic rings. The first-order valence-corrected chi connectivity index (χ1v) is 5.38.